The summed E-state index contributed by atoms with van der Waals surface area (Å²) in [4.78, 5) is 41.1. The monoisotopic (exact) mass is 646 g/mol. The van der Waals surface area contributed by atoms with E-state index < -0.39 is 46.8 Å². The minimum absolute atomic E-state index is 0.133. The van der Waals surface area contributed by atoms with E-state index in [1.165, 1.54) is 18.2 Å². The molecule has 15 heteroatoms. The van der Waals surface area contributed by atoms with E-state index in [2.05, 4.69) is 5.32 Å². The predicted molar refractivity (Wildman–Crippen MR) is 154 cm³/mol. The molecule has 0 saturated carbocycles. The second kappa shape index (κ2) is 12.6. The molecular weight excluding hydrogens is 619 g/mol. The number of carbonyl (C=O) groups is 2. The number of carboxylic acid groups (broad SMARTS) is 1. The van der Waals surface area contributed by atoms with Crippen LogP contribution in [0, 0.1) is 5.82 Å². The zero-order valence-corrected chi connectivity index (χ0v) is 24.8. The maximum absolute atomic E-state index is 15.8. The molecule has 0 spiro atoms. The minimum Gasteiger partial charge on any atom is -0.492 e. The van der Waals surface area contributed by atoms with Crippen molar-refractivity contribution >= 4 is 51.7 Å². The number of hydrogen-bond acceptors (Lipinski definition) is 6. The standard InChI is InChI=1S/C28H28Cl2F4N4O5/c1-14-9-36(10-15(2)38(14)12-22(39)40)24-21(31)7-18-23(26(24)43-3)37(13-28(32,33)34)11-19(25(18)41)27(42)35-8-16-4-5-17(29)6-20(16)30/h4-7,11,14-15H,8-10,12-13H2,1-3H3,(H,35,42)(H,39,40)/t14-,15?/m1/s1. The summed E-state index contributed by atoms with van der Waals surface area (Å²) in [6.45, 7) is 1.76. The number of amides is 1. The number of methoxy groups -OCH3 is 1. The van der Waals surface area contributed by atoms with Crippen molar-refractivity contribution in [3.05, 3.63) is 67.7 Å². The second-order valence-electron chi connectivity index (χ2n) is 10.3. The van der Waals surface area contributed by atoms with E-state index in [0.717, 1.165) is 19.4 Å². The average molecular weight is 647 g/mol. The van der Waals surface area contributed by atoms with Crippen molar-refractivity contribution in [3.63, 3.8) is 0 Å². The molecule has 2 aromatic carbocycles. The topological polar surface area (TPSA) is 104 Å². The van der Waals surface area contributed by atoms with Gasteiger partial charge in [0.15, 0.2) is 11.6 Å². The summed E-state index contributed by atoms with van der Waals surface area (Å²) in [6.07, 6.45) is -4.01. The molecule has 43 heavy (non-hydrogen) atoms. The number of nitrogens with zero attached hydrogens (tertiary/aromatic N) is 3. The van der Waals surface area contributed by atoms with Crippen LogP contribution in [0.2, 0.25) is 10.0 Å². The van der Waals surface area contributed by atoms with Gasteiger partial charge >= 0.3 is 12.1 Å². The first-order chi connectivity index (χ1) is 20.1. The Kier molecular flexibility index (Phi) is 9.48. The van der Waals surface area contributed by atoms with Gasteiger partial charge in [0, 0.05) is 48.0 Å². The normalized spacial score (nSPS) is 17.7. The Hall–Kier alpha value is -3.55. The van der Waals surface area contributed by atoms with Gasteiger partial charge in [0.2, 0.25) is 5.43 Å². The lowest BCUT2D eigenvalue weighted by atomic mass is 10.0. The van der Waals surface area contributed by atoms with E-state index in [1.54, 1.807) is 23.6 Å². The third kappa shape index (κ3) is 7.00. The summed E-state index contributed by atoms with van der Waals surface area (Å²) < 4.78 is 63.2. The number of ether oxygens (including phenoxy) is 1. The van der Waals surface area contributed by atoms with Crippen molar-refractivity contribution in [2.45, 2.75) is 45.2 Å². The van der Waals surface area contributed by atoms with Gasteiger partial charge in [-0.3, -0.25) is 19.3 Å². The highest BCUT2D eigenvalue weighted by Crippen LogP contribution is 2.40. The number of carboxylic acids is 1. The Bertz CT molecular complexity index is 1620. The average Bonchev–Trinajstić information content (AvgIpc) is 2.90. The molecule has 3 aromatic rings. The summed E-state index contributed by atoms with van der Waals surface area (Å²) in [5.74, 6) is -3.29. The molecule has 9 nitrogen and oxygen atoms in total. The largest absolute Gasteiger partial charge is 0.492 e. The lowest BCUT2D eigenvalue weighted by Gasteiger charge is -2.45. The van der Waals surface area contributed by atoms with Crippen LogP contribution in [-0.2, 0) is 17.9 Å². The number of nitrogens with one attached hydrogen (secondary N) is 1. The quantitative estimate of drug-likeness (QED) is 0.335. The summed E-state index contributed by atoms with van der Waals surface area (Å²) in [6, 6.07) is 4.58. The van der Waals surface area contributed by atoms with Gasteiger partial charge in [-0.2, -0.15) is 13.2 Å². The van der Waals surface area contributed by atoms with Gasteiger partial charge in [0.05, 0.1) is 24.6 Å². The van der Waals surface area contributed by atoms with Crippen LogP contribution >= 0.6 is 23.2 Å². The molecule has 1 fully saturated rings. The van der Waals surface area contributed by atoms with Crippen molar-refractivity contribution in [3.8, 4) is 5.75 Å². The molecule has 0 bridgehead atoms. The predicted octanol–water partition coefficient (Wildman–Crippen LogP) is 4.93. The maximum Gasteiger partial charge on any atom is 0.406 e. The van der Waals surface area contributed by atoms with Gasteiger partial charge in [0.25, 0.3) is 5.91 Å². The van der Waals surface area contributed by atoms with E-state index >= 15 is 4.39 Å². The fraction of sp³-hybridized carbons (Fsp3) is 0.393. The molecule has 1 saturated heterocycles. The zero-order chi connectivity index (χ0) is 31.8. The molecule has 1 amide bonds. The van der Waals surface area contributed by atoms with Crippen molar-refractivity contribution in [1.82, 2.24) is 14.8 Å². The van der Waals surface area contributed by atoms with Gasteiger partial charge in [-0.1, -0.05) is 29.3 Å². The van der Waals surface area contributed by atoms with Gasteiger partial charge < -0.3 is 24.6 Å². The van der Waals surface area contributed by atoms with E-state index in [-0.39, 0.29) is 60.2 Å². The fourth-order valence-corrected chi connectivity index (χ4v) is 5.87. The molecule has 2 N–H and O–H groups in total. The molecule has 1 aliphatic heterocycles. The minimum atomic E-state index is -4.78. The lowest BCUT2D eigenvalue weighted by Crippen LogP contribution is -2.58. The molecule has 232 valence electrons. The van der Waals surface area contributed by atoms with E-state index in [4.69, 9.17) is 27.9 Å². The van der Waals surface area contributed by atoms with E-state index in [0.29, 0.717) is 15.2 Å². The van der Waals surface area contributed by atoms with Gasteiger partial charge in [0.1, 0.15) is 17.8 Å². The summed E-state index contributed by atoms with van der Waals surface area (Å²) in [7, 11) is 1.14. The molecule has 0 radical (unpaired) electrons. The Balaban J connectivity index is 1.82. The Morgan fingerprint density at radius 1 is 1.14 bits per heavy atom. The number of anilines is 1. The second-order valence-corrected chi connectivity index (χ2v) is 11.2. The van der Waals surface area contributed by atoms with Crippen molar-refractivity contribution in [2.75, 3.05) is 31.6 Å². The van der Waals surface area contributed by atoms with Crippen LogP contribution in [0.5, 0.6) is 5.75 Å². The number of fused-ring (bicyclic) bond motifs is 1. The number of halogens is 6. The number of aromatic nitrogens is 1. The van der Waals surface area contributed by atoms with Crippen LogP contribution in [-0.4, -0.2) is 71.5 Å². The van der Waals surface area contributed by atoms with Crippen LogP contribution in [0.15, 0.2) is 35.3 Å². The Labute approximate surface area is 253 Å². The molecule has 4 rings (SSSR count). The molecule has 1 unspecified atom stereocenters. The highest BCUT2D eigenvalue weighted by Gasteiger charge is 2.36. The molecule has 1 aliphatic rings. The van der Waals surface area contributed by atoms with Gasteiger partial charge in [-0.15, -0.1) is 0 Å². The number of rotatable bonds is 8. The zero-order valence-electron chi connectivity index (χ0n) is 23.3. The van der Waals surface area contributed by atoms with Gasteiger partial charge in [-0.25, -0.2) is 4.39 Å². The lowest BCUT2D eigenvalue weighted by molar-refractivity contribution is -0.140. The van der Waals surface area contributed by atoms with Crippen LogP contribution in [0.3, 0.4) is 0 Å². The number of pyridine rings is 1. The van der Waals surface area contributed by atoms with E-state index in [9.17, 15) is 32.7 Å². The Morgan fingerprint density at radius 3 is 2.35 bits per heavy atom. The molecule has 1 aromatic heterocycles. The SMILES string of the molecule is COc1c(N2CC(C)N(CC(=O)O)[C@H](C)C2)c(F)cc2c(=O)c(C(=O)NCc3ccc(Cl)cc3Cl)cn(CC(F)(F)F)c12. The van der Waals surface area contributed by atoms with Crippen molar-refractivity contribution < 1.29 is 37.0 Å². The molecule has 0 aliphatic carbocycles. The van der Waals surface area contributed by atoms with Crippen LogP contribution in [0.25, 0.3) is 10.9 Å². The van der Waals surface area contributed by atoms with Crippen LogP contribution < -0.4 is 20.4 Å². The highest BCUT2D eigenvalue weighted by molar-refractivity contribution is 6.35. The fourth-order valence-electron chi connectivity index (χ4n) is 5.40. The Morgan fingerprint density at radius 2 is 1.79 bits per heavy atom. The highest BCUT2D eigenvalue weighted by atomic mass is 35.5. The maximum atomic E-state index is 15.8. The third-order valence-corrected chi connectivity index (χ3v) is 7.82. The number of piperazine rings is 1. The smallest absolute Gasteiger partial charge is 0.406 e. The summed E-state index contributed by atoms with van der Waals surface area (Å²) in [5.41, 5.74) is -1.70. The van der Waals surface area contributed by atoms with Crippen molar-refractivity contribution in [1.29, 1.82) is 0 Å². The van der Waals surface area contributed by atoms with E-state index in [1.807, 2.05) is 0 Å². The number of alkyl halides is 3. The van der Waals surface area contributed by atoms with Gasteiger partial charge in [-0.05, 0) is 37.6 Å². The van der Waals surface area contributed by atoms with Crippen LogP contribution in [0.1, 0.15) is 29.8 Å². The summed E-state index contributed by atoms with van der Waals surface area (Å²) in [5, 5.41) is 11.8. The first-order valence-corrected chi connectivity index (χ1v) is 13.8. The third-order valence-electron chi connectivity index (χ3n) is 7.23. The number of benzene rings is 2. The molecular formula is C28H28Cl2F4N4O5. The van der Waals surface area contributed by atoms with Crippen molar-refractivity contribution in [2.24, 2.45) is 0 Å². The molecule has 2 heterocycles. The number of hydrogen-bond donors (Lipinski definition) is 2. The molecule has 2 atom stereocenters. The number of carbonyl (C=O) groups excluding carboxylic acids is 1. The summed E-state index contributed by atoms with van der Waals surface area (Å²) >= 11 is 12.0. The van der Waals surface area contributed by atoms with Crippen LogP contribution in [0.4, 0.5) is 23.2 Å². The first-order valence-electron chi connectivity index (χ1n) is 13.1. The number of aliphatic carboxylic acids is 1. The first kappa shape index (κ1) is 32.4.